The number of likely N-dealkylation sites (tertiary alicyclic amines) is 1. The number of fused-ring (bicyclic) bond motifs is 1. The highest BCUT2D eigenvalue weighted by Gasteiger charge is 2.24. The lowest BCUT2D eigenvalue weighted by Gasteiger charge is -2.31. The molecule has 8 nitrogen and oxygen atoms in total. The van der Waals surface area contributed by atoms with E-state index in [0.29, 0.717) is 24.4 Å². The number of rotatable bonds is 5. The van der Waals surface area contributed by atoms with E-state index in [4.69, 9.17) is 10.00 Å². The summed E-state index contributed by atoms with van der Waals surface area (Å²) in [7, 11) is 1.91. The molecule has 0 atom stereocenters. The Morgan fingerprint density at radius 2 is 1.83 bits per heavy atom. The van der Waals surface area contributed by atoms with Gasteiger partial charge in [0.2, 0.25) is 6.41 Å². The van der Waals surface area contributed by atoms with Gasteiger partial charge in [-0.05, 0) is 49.2 Å². The quantitative estimate of drug-likeness (QED) is 0.406. The Balaban J connectivity index is 0.000000185. The van der Waals surface area contributed by atoms with E-state index < -0.39 is 0 Å². The Morgan fingerprint density at radius 3 is 2.44 bits per heavy atom. The van der Waals surface area contributed by atoms with Crippen molar-refractivity contribution in [1.82, 2.24) is 14.5 Å². The minimum atomic E-state index is 0.0974. The van der Waals surface area contributed by atoms with Crippen LogP contribution < -0.4 is 10.1 Å². The van der Waals surface area contributed by atoms with Crippen molar-refractivity contribution in [1.29, 1.82) is 5.26 Å². The summed E-state index contributed by atoms with van der Waals surface area (Å²) in [5.41, 5.74) is 5.00. The molecule has 36 heavy (non-hydrogen) atoms. The number of anilines is 1. The number of para-hydroxylation sites is 1. The molecule has 5 rings (SSSR count). The molecule has 0 aliphatic carbocycles. The third-order valence-corrected chi connectivity index (χ3v) is 5.67. The number of ether oxygens (including phenoxy) is 1. The second-order valence-corrected chi connectivity index (χ2v) is 8.22. The summed E-state index contributed by atoms with van der Waals surface area (Å²) >= 11 is 0. The van der Waals surface area contributed by atoms with Gasteiger partial charge in [0.25, 0.3) is 0 Å². The molecule has 1 amide bonds. The zero-order valence-corrected chi connectivity index (χ0v) is 20.6. The van der Waals surface area contributed by atoms with Crippen LogP contribution in [0.3, 0.4) is 0 Å². The topological polar surface area (TPSA) is 99.7 Å². The smallest absolute Gasteiger partial charge is 0.209 e. The minimum absolute atomic E-state index is 0.0974. The van der Waals surface area contributed by atoms with Crippen LogP contribution in [0.4, 0.5) is 5.69 Å². The fourth-order valence-electron chi connectivity index (χ4n) is 3.49. The van der Waals surface area contributed by atoms with Crippen LogP contribution in [-0.2, 0) is 4.79 Å². The number of hydrogen-bond donors (Lipinski definition) is 1. The fraction of sp³-hybridized carbons (Fsp3) is 0.214. The average molecular weight is 484 g/mol. The van der Waals surface area contributed by atoms with Crippen LogP contribution in [0, 0.1) is 31.1 Å². The highest BCUT2D eigenvalue weighted by Crippen LogP contribution is 2.29. The summed E-state index contributed by atoms with van der Waals surface area (Å²) in [6, 6.07) is 21.1. The molecule has 1 fully saturated rings. The van der Waals surface area contributed by atoms with Gasteiger partial charge in [-0.15, -0.1) is 0 Å². The molecule has 0 bridgehead atoms. The van der Waals surface area contributed by atoms with Crippen LogP contribution in [0.1, 0.15) is 21.5 Å². The molecule has 0 unspecified atom stereocenters. The maximum Gasteiger partial charge on any atom is 0.209 e. The largest absolute Gasteiger partial charge is 0.455 e. The normalized spacial score (nSPS) is 12.1. The van der Waals surface area contributed by atoms with Gasteiger partial charge in [-0.1, -0.05) is 30.3 Å². The molecule has 1 N–H and O–H groups in total. The second kappa shape index (κ2) is 12.7. The van der Waals surface area contributed by atoms with Gasteiger partial charge >= 0.3 is 0 Å². The molecule has 0 saturated carbocycles. The molecule has 1 aliphatic rings. The summed E-state index contributed by atoms with van der Waals surface area (Å²) in [5, 5.41) is 15.5. The van der Waals surface area contributed by atoms with Crippen molar-refractivity contribution in [2.24, 2.45) is 5.92 Å². The Labute approximate surface area is 210 Å². The van der Waals surface area contributed by atoms with Crippen LogP contribution in [0.5, 0.6) is 11.5 Å². The van der Waals surface area contributed by atoms with Gasteiger partial charge in [0.15, 0.2) is 5.75 Å². The van der Waals surface area contributed by atoms with Crippen molar-refractivity contribution in [3.05, 3.63) is 89.7 Å². The van der Waals surface area contributed by atoms with Crippen molar-refractivity contribution in [2.45, 2.75) is 13.8 Å². The van der Waals surface area contributed by atoms with Gasteiger partial charge < -0.3 is 15.0 Å². The number of aromatic nitrogens is 2. The van der Waals surface area contributed by atoms with E-state index in [9.17, 15) is 9.59 Å². The number of nitriles is 1. The van der Waals surface area contributed by atoms with Gasteiger partial charge in [0, 0.05) is 43.7 Å². The van der Waals surface area contributed by atoms with Crippen LogP contribution >= 0.6 is 0 Å². The number of aldehydes is 1. The Morgan fingerprint density at radius 1 is 1.08 bits per heavy atom. The average Bonchev–Trinajstić information content (AvgIpc) is 3.19. The van der Waals surface area contributed by atoms with Gasteiger partial charge in [-0.2, -0.15) is 10.4 Å². The first-order valence-corrected chi connectivity index (χ1v) is 11.5. The maximum absolute atomic E-state index is 10.8. The number of benzene rings is 2. The summed E-state index contributed by atoms with van der Waals surface area (Å²) in [4.78, 5) is 22.3. The first-order valence-electron chi connectivity index (χ1n) is 11.5. The number of carbonyl (C=O) groups excluding carboxylic acids is 2. The highest BCUT2D eigenvalue weighted by molar-refractivity contribution is 5.75. The van der Waals surface area contributed by atoms with Crippen LogP contribution in [0.25, 0.3) is 5.52 Å². The Kier molecular flexibility index (Phi) is 9.18. The third-order valence-electron chi connectivity index (χ3n) is 5.67. The predicted octanol–water partition coefficient (Wildman–Crippen LogP) is 4.88. The summed E-state index contributed by atoms with van der Waals surface area (Å²) in [5.74, 6) is 1.47. The molecule has 2 aromatic heterocycles. The van der Waals surface area contributed by atoms with Gasteiger partial charge in [-0.3, -0.25) is 9.59 Å². The lowest BCUT2D eigenvalue weighted by Crippen LogP contribution is -2.44. The first kappa shape index (κ1) is 26.0. The van der Waals surface area contributed by atoms with Crippen molar-refractivity contribution in [3.63, 3.8) is 0 Å². The highest BCUT2D eigenvalue weighted by atomic mass is 16.5. The van der Waals surface area contributed by atoms with E-state index in [1.54, 1.807) is 29.3 Å². The van der Waals surface area contributed by atoms with E-state index in [1.807, 2.05) is 74.1 Å². The number of amides is 1. The number of hydrogen-bond acceptors (Lipinski definition) is 6. The third kappa shape index (κ3) is 6.70. The summed E-state index contributed by atoms with van der Waals surface area (Å²) in [6.45, 7) is 5.34. The van der Waals surface area contributed by atoms with Crippen molar-refractivity contribution >= 4 is 23.9 Å². The van der Waals surface area contributed by atoms with Gasteiger partial charge in [-0.25, -0.2) is 4.52 Å². The number of carbonyl (C=O) groups is 2. The number of aryl methyl sites for hydroxylation is 2. The lowest BCUT2D eigenvalue weighted by atomic mass is 10.0. The fourth-order valence-corrected chi connectivity index (χ4v) is 3.49. The monoisotopic (exact) mass is 483 g/mol. The molecular formula is C28H29N5O3. The molecule has 1 saturated heterocycles. The van der Waals surface area contributed by atoms with E-state index in [0.717, 1.165) is 40.8 Å². The van der Waals surface area contributed by atoms with Crippen molar-refractivity contribution in [3.8, 4) is 17.6 Å². The Hall–Kier alpha value is -4.64. The van der Waals surface area contributed by atoms with E-state index in [-0.39, 0.29) is 5.92 Å². The van der Waals surface area contributed by atoms with E-state index in [1.165, 1.54) is 0 Å². The van der Waals surface area contributed by atoms with E-state index >= 15 is 0 Å². The standard InChI is InChI=1S/C16H14N2O2.C7H9N.C5H6N2O/c1-11-9-18-16(12(11)2)15(6-7-17-18)20-14-5-3-4-13(8-14)10-19;1-8-7-5-3-2-4-6-7;6-1-5-2-7(3-5)4-8/h3-10H,1-2H3;2-6,8H,1H3;4-5H,2-3H2. The molecule has 0 radical (unpaired) electrons. The van der Waals surface area contributed by atoms with Crippen molar-refractivity contribution < 1.29 is 14.3 Å². The number of nitrogens with one attached hydrogen (secondary N) is 1. The maximum atomic E-state index is 10.8. The second-order valence-electron chi connectivity index (χ2n) is 8.22. The SMILES string of the molecule is CNc1ccccc1.Cc1cn2nccc(Oc3cccc(C=O)c3)c2c1C.N#CC1CN(C=O)C1. The molecule has 3 heterocycles. The van der Waals surface area contributed by atoms with Gasteiger partial charge in [0.1, 0.15) is 17.6 Å². The molecule has 8 heteroatoms. The molecule has 2 aromatic carbocycles. The molecule has 0 spiro atoms. The van der Waals surface area contributed by atoms with Gasteiger partial charge in [0.05, 0.1) is 18.2 Å². The predicted molar refractivity (Wildman–Crippen MR) is 139 cm³/mol. The van der Waals surface area contributed by atoms with Crippen LogP contribution in [-0.4, -0.2) is 47.3 Å². The van der Waals surface area contributed by atoms with E-state index in [2.05, 4.69) is 16.5 Å². The number of nitrogens with zero attached hydrogens (tertiary/aromatic N) is 4. The molecule has 1 aliphatic heterocycles. The molecule has 4 aromatic rings. The zero-order chi connectivity index (χ0) is 25.9. The van der Waals surface area contributed by atoms with Crippen LogP contribution in [0.15, 0.2) is 73.1 Å². The summed E-state index contributed by atoms with van der Waals surface area (Å²) in [6.07, 6.45) is 5.25. The first-order chi connectivity index (χ1) is 17.5. The molecular weight excluding hydrogens is 454 g/mol. The summed E-state index contributed by atoms with van der Waals surface area (Å²) < 4.78 is 7.72. The van der Waals surface area contributed by atoms with Crippen LogP contribution in [0.2, 0.25) is 0 Å². The van der Waals surface area contributed by atoms with Crippen molar-refractivity contribution in [2.75, 3.05) is 25.5 Å². The minimum Gasteiger partial charge on any atom is -0.455 e. The zero-order valence-electron chi connectivity index (χ0n) is 20.6. The molecule has 184 valence electrons. The lowest BCUT2D eigenvalue weighted by molar-refractivity contribution is -0.122. The Bertz CT molecular complexity index is 1340.